The summed E-state index contributed by atoms with van der Waals surface area (Å²) in [6.45, 7) is 3.50. The molecule has 2 heterocycles. The zero-order chi connectivity index (χ0) is 24.2. The molecule has 8 nitrogen and oxygen atoms in total. The van der Waals surface area contributed by atoms with Crippen molar-refractivity contribution in [2.24, 2.45) is 4.99 Å². The van der Waals surface area contributed by atoms with E-state index in [2.05, 4.69) is 4.99 Å². The van der Waals surface area contributed by atoms with Crippen LogP contribution in [0.15, 0.2) is 81.7 Å². The average molecular weight is 476 g/mol. The van der Waals surface area contributed by atoms with E-state index in [1.807, 2.05) is 36.4 Å². The summed E-state index contributed by atoms with van der Waals surface area (Å²) in [4.78, 5) is 42.1. The lowest BCUT2D eigenvalue weighted by atomic mass is 9.95. The fourth-order valence-corrected chi connectivity index (χ4v) is 4.74. The molecule has 4 rings (SSSR count). The number of nitrogens with zero attached hydrogens (tertiary/aromatic N) is 3. The third kappa shape index (κ3) is 4.51. The van der Waals surface area contributed by atoms with E-state index in [9.17, 15) is 19.7 Å². The van der Waals surface area contributed by atoms with Gasteiger partial charge in [0.15, 0.2) is 4.80 Å². The number of non-ortho nitro benzene ring substituents is 1. The van der Waals surface area contributed by atoms with Crippen LogP contribution in [0.25, 0.3) is 12.2 Å². The molecule has 0 saturated heterocycles. The predicted octanol–water partition coefficient (Wildman–Crippen LogP) is 3.37. The maximum Gasteiger partial charge on any atom is 0.338 e. The molecule has 0 unspecified atom stereocenters. The molecular weight excluding hydrogens is 454 g/mol. The third-order valence-corrected chi connectivity index (χ3v) is 6.25. The molecule has 172 valence electrons. The maximum atomic E-state index is 13.4. The lowest BCUT2D eigenvalue weighted by molar-refractivity contribution is -0.384. The van der Waals surface area contributed by atoms with Gasteiger partial charge in [0.05, 0.1) is 33.4 Å². The summed E-state index contributed by atoms with van der Waals surface area (Å²) in [5.74, 6) is -0.612. The number of hydrogen-bond acceptors (Lipinski definition) is 7. The number of hydrogen-bond donors (Lipinski definition) is 0. The highest BCUT2D eigenvalue weighted by Crippen LogP contribution is 2.32. The van der Waals surface area contributed by atoms with Crippen LogP contribution in [0, 0.1) is 10.1 Å². The Kier molecular flexibility index (Phi) is 6.65. The minimum absolute atomic E-state index is 0.136. The SMILES string of the molecule is CCOC(=O)C1=C(C)N=c2sc(=C/C=C\c3ccccc3)c(=O)n2[C@@H]1c1cccc([N+](=O)[O-])c1. The van der Waals surface area contributed by atoms with Crippen molar-refractivity contribution in [1.82, 2.24) is 4.57 Å². The number of carbonyl (C=O) groups excluding carboxylic acids is 1. The minimum atomic E-state index is -0.893. The van der Waals surface area contributed by atoms with E-state index in [0.717, 1.165) is 5.56 Å². The molecule has 1 aliphatic rings. The predicted molar refractivity (Wildman–Crippen MR) is 130 cm³/mol. The third-order valence-electron chi connectivity index (χ3n) is 5.25. The van der Waals surface area contributed by atoms with Crippen LogP contribution in [0.4, 0.5) is 5.69 Å². The van der Waals surface area contributed by atoms with E-state index in [1.165, 1.54) is 34.1 Å². The zero-order valence-corrected chi connectivity index (χ0v) is 19.3. The van der Waals surface area contributed by atoms with Crippen molar-refractivity contribution < 1.29 is 14.5 Å². The molecule has 9 heteroatoms. The van der Waals surface area contributed by atoms with Crippen molar-refractivity contribution in [3.05, 3.63) is 113 Å². The maximum absolute atomic E-state index is 13.4. The fraction of sp³-hybridized carbons (Fsp3) is 0.160. The molecular formula is C25H21N3O5S. The van der Waals surface area contributed by atoms with Gasteiger partial charge < -0.3 is 4.74 Å². The quantitative estimate of drug-likeness (QED) is 0.309. The largest absolute Gasteiger partial charge is 0.463 e. The molecule has 2 aromatic carbocycles. The lowest BCUT2D eigenvalue weighted by Gasteiger charge is -2.24. The van der Waals surface area contributed by atoms with Crippen LogP contribution in [0.3, 0.4) is 0 Å². The van der Waals surface area contributed by atoms with E-state index < -0.39 is 16.9 Å². The molecule has 34 heavy (non-hydrogen) atoms. The first-order valence-corrected chi connectivity index (χ1v) is 11.4. The average Bonchev–Trinajstić information content (AvgIpc) is 3.13. The smallest absolute Gasteiger partial charge is 0.338 e. The van der Waals surface area contributed by atoms with Gasteiger partial charge in [-0.25, -0.2) is 9.79 Å². The molecule has 1 atom stereocenters. The van der Waals surface area contributed by atoms with E-state index in [-0.39, 0.29) is 23.4 Å². The number of carbonyl (C=O) groups is 1. The number of fused-ring (bicyclic) bond motifs is 1. The van der Waals surface area contributed by atoms with Gasteiger partial charge >= 0.3 is 5.97 Å². The summed E-state index contributed by atoms with van der Waals surface area (Å²) in [6.07, 6.45) is 5.36. The Hall–Kier alpha value is -4.11. The highest BCUT2D eigenvalue weighted by atomic mass is 32.1. The van der Waals surface area contributed by atoms with Crippen LogP contribution in [0.1, 0.15) is 31.0 Å². The van der Waals surface area contributed by atoms with Crippen LogP contribution in [0.5, 0.6) is 0 Å². The second-order valence-electron chi connectivity index (χ2n) is 7.45. The molecule has 0 amide bonds. The van der Waals surface area contributed by atoms with Gasteiger partial charge in [-0.3, -0.25) is 19.5 Å². The summed E-state index contributed by atoms with van der Waals surface area (Å²) in [7, 11) is 0. The number of nitro benzene ring substituents is 1. The Morgan fingerprint density at radius 1 is 1.24 bits per heavy atom. The van der Waals surface area contributed by atoms with Gasteiger partial charge in [0, 0.05) is 12.1 Å². The van der Waals surface area contributed by atoms with Gasteiger partial charge in [-0.1, -0.05) is 66.0 Å². The van der Waals surface area contributed by atoms with Crippen molar-refractivity contribution in [2.45, 2.75) is 19.9 Å². The summed E-state index contributed by atoms with van der Waals surface area (Å²) in [5, 5.41) is 11.4. The zero-order valence-electron chi connectivity index (χ0n) is 18.5. The molecule has 0 aliphatic carbocycles. The van der Waals surface area contributed by atoms with Crippen molar-refractivity contribution in [1.29, 1.82) is 0 Å². The second-order valence-corrected chi connectivity index (χ2v) is 8.46. The lowest BCUT2D eigenvalue weighted by Crippen LogP contribution is -2.39. The number of thiazole rings is 1. The number of aromatic nitrogens is 1. The number of benzene rings is 2. The van der Waals surface area contributed by atoms with Gasteiger partial charge in [-0.05, 0) is 31.1 Å². The molecule has 0 spiro atoms. The summed E-state index contributed by atoms with van der Waals surface area (Å²) < 4.78 is 7.07. The minimum Gasteiger partial charge on any atom is -0.463 e. The van der Waals surface area contributed by atoms with Gasteiger partial charge in [-0.15, -0.1) is 0 Å². The topological polar surface area (TPSA) is 104 Å². The molecule has 0 N–H and O–H groups in total. The highest BCUT2D eigenvalue weighted by Gasteiger charge is 2.33. The molecule has 0 bridgehead atoms. The normalized spacial score (nSPS) is 15.8. The number of rotatable bonds is 6. The first kappa shape index (κ1) is 23.1. The second kappa shape index (κ2) is 9.80. The van der Waals surface area contributed by atoms with Crippen LogP contribution in [-0.2, 0) is 9.53 Å². The van der Waals surface area contributed by atoms with Crippen molar-refractivity contribution in [3.63, 3.8) is 0 Å². The summed E-state index contributed by atoms with van der Waals surface area (Å²) >= 11 is 1.19. The molecule has 0 fully saturated rings. The number of allylic oxidation sites excluding steroid dienone is 2. The van der Waals surface area contributed by atoms with Gasteiger partial charge in [0.25, 0.3) is 11.2 Å². The van der Waals surface area contributed by atoms with Crippen LogP contribution in [0.2, 0.25) is 0 Å². The van der Waals surface area contributed by atoms with Crippen LogP contribution >= 0.6 is 11.3 Å². The van der Waals surface area contributed by atoms with Gasteiger partial charge in [0.2, 0.25) is 0 Å². The Balaban J connectivity index is 1.89. The van der Waals surface area contributed by atoms with Crippen LogP contribution < -0.4 is 14.9 Å². The Bertz CT molecular complexity index is 1500. The van der Waals surface area contributed by atoms with E-state index in [1.54, 1.807) is 32.1 Å². The van der Waals surface area contributed by atoms with Gasteiger partial charge in [-0.2, -0.15) is 0 Å². The number of esters is 1. The molecule has 3 aromatic rings. The monoisotopic (exact) mass is 475 g/mol. The van der Waals surface area contributed by atoms with Crippen molar-refractivity contribution in [2.75, 3.05) is 6.61 Å². The Labute approximate surface area is 198 Å². The molecule has 1 aromatic heterocycles. The van der Waals surface area contributed by atoms with Crippen molar-refractivity contribution >= 4 is 35.1 Å². The highest BCUT2D eigenvalue weighted by molar-refractivity contribution is 7.07. The molecule has 0 radical (unpaired) electrons. The number of nitro groups is 1. The Morgan fingerprint density at radius 2 is 2.00 bits per heavy atom. The van der Waals surface area contributed by atoms with E-state index in [0.29, 0.717) is 20.6 Å². The number of ether oxygens (including phenoxy) is 1. The molecule has 0 saturated carbocycles. The van der Waals surface area contributed by atoms with Gasteiger partial charge in [0.1, 0.15) is 0 Å². The first-order chi connectivity index (χ1) is 16.4. The summed E-state index contributed by atoms with van der Waals surface area (Å²) in [5.41, 5.74) is 1.53. The Morgan fingerprint density at radius 3 is 2.71 bits per heavy atom. The molecule has 1 aliphatic heterocycles. The van der Waals surface area contributed by atoms with Crippen molar-refractivity contribution in [3.8, 4) is 0 Å². The van der Waals surface area contributed by atoms with E-state index in [4.69, 9.17) is 4.74 Å². The summed E-state index contributed by atoms with van der Waals surface area (Å²) in [6, 6.07) is 14.7. The fourth-order valence-electron chi connectivity index (χ4n) is 3.74. The standard InChI is InChI=1S/C25H21N3O5S/c1-3-33-24(30)21-16(2)26-25-27(22(21)18-12-8-13-19(15-18)28(31)32)23(29)20(34-25)14-7-11-17-9-5-4-6-10-17/h4-15,22H,3H2,1-2H3/b11-7-,20-14?/t22-/m1/s1. The van der Waals surface area contributed by atoms with Crippen LogP contribution in [-0.4, -0.2) is 22.1 Å². The first-order valence-electron chi connectivity index (χ1n) is 10.6. The van der Waals surface area contributed by atoms with E-state index >= 15 is 0 Å².